The Labute approximate surface area is 186 Å². The Kier molecular flexibility index (Phi) is 5.86. The molecule has 1 amide bonds. The minimum Gasteiger partial charge on any atom is -0.467 e. The van der Waals surface area contributed by atoms with Crippen LogP contribution >= 0.6 is 23.8 Å². The summed E-state index contributed by atoms with van der Waals surface area (Å²) < 4.78 is 11.7. The number of fused-ring (bicyclic) bond motifs is 4. The molecule has 2 heterocycles. The van der Waals surface area contributed by atoms with Crippen molar-refractivity contribution in [1.29, 1.82) is 0 Å². The molecule has 2 aliphatic heterocycles. The van der Waals surface area contributed by atoms with Crippen LogP contribution in [0.15, 0.2) is 48.5 Å². The highest BCUT2D eigenvalue weighted by Gasteiger charge is 2.58. The first-order chi connectivity index (χ1) is 14.4. The van der Waals surface area contributed by atoms with Gasteiger partial charge >= 0.3 is 0 Å². The largest absolute Gasteiger partial charge is 0.467 e. The van der Waals surface area contributed by atoms with Crippen LogP contribution in [-0.4, -0.2) is 41.9 Å². The van der Waals surface area contributed by atoms with E-state index >= 15 is 0 Å². The molecule has 0 unspecified atom stereocenters. The number of halogens is 1. The molecule has 2 aromatic rings. The molecule has 4 rings (SSSR count). The van der Waals surface area contributed by atoms with Crippen LogP contribution in [0.5, 0.6) is 5.75 Å². The molecule has 0 radical (unpaired) electrons. The van der Waals surface area contributed by atoms with Gasteiger partial charge in [0, 0.05) is 36.5 Å². The number of para-hydroxylation sites is 1. The lowest BCUT2D eigenvalue weighted by Crippen LogP contribution is -2.71. The van der Waals surface area contributed by atoms with Gasteiger partial charge in [-0.25, -0.2) is 0 Å². The maximum absolute atomic E-state index is 13.5. The molecule has 158 valence electrons. The highest BCUT2D eigenvalue weighted by molar-refractivity contribution is 7.80. The Balaban J connectivity index is 1.70. The van der Waals surface area contributed by atoms with E-state index in [1.54, 1.807) is 31.4 Å². The molecular weight excluding hydrogens is 422 g/mol. The number of nitrogens with zero attached hydrogens (tertiary/aromatic N) is 1. The van der Waals surface area contributed by atoms with Crippen molar-refractivity contribution in [1.82, 2.24) is 10.2 Å². The van der Waals surface area contributed by atoms with E-state index in [0.717, 1.165) is 17.7 Å². The van der Waals surface area contributed by atoms with E-state index in [2.05, 4.69) is 10.6 Å². The first-order valence-electron chi connectivity index (χ1n) is 9.85. The fraction of sp³-hybridized carbons (Fsp3) is 0.364. The Morgan fingerprint density at radius 2 is 2.03 bits per heavy atom. The molecule has 1 fully saturated rings. The maximum atomic E-state index is 13.5. The molecule has 2 aliphatic rings. The van der Waals surface area contributed by atoms with Gasteiger partial charge in [-0.15, -0.1) is 0 Å². The van der Waals surface area contributed by atoms with E-state index < -0.39 is 11.6 Å². The van der Waals surface area contributed by atoms with Crippen molar-refractivity contribution in [3.05, 3.63) is 59.1 Å². The maximum Gasteiger partial charge on any atom is 0.236 e. The van der Waals surface area contributed by atoms with E-state index in [1.807, 2.05) is 36.1 Å². The highest BCUT2D eigenvalue weighted by Crippen LogP contribution is 2.48. The number of benzene rings is 2. The third kappa shape index (κ3) is 3.73. The van der Waals surface area contributed by atoms with Crippen LogP contribution in [0.4, 0.5) is 5.69 Å². The van der Waals surface area contributed by atoms with Crippen molar-refractivity contribution in [3.8, 4) is 5.75 Å². The summed E-state index contributed by atoms with van der Waals surface area (Å²) in [7, 11) is 1.67. The van der Waals surface area contributed by atoms with E-state index in [9.17, 15) is 4.79 Å². The molecule has 3 atom stereocenters. The topological polar surface area (TPSA) is 62.8 Å². The summed E-state index contributed by atoms with van der Waals surface area (Å²) in [5.74, 6) is 0.0793. The monoisotopic (exact) mass is 445 g/mol. The van der Waals surface area contributed by atoms with Crippen LogP contribution in [0.2, 0.25) is 5.02 Å². The molecule has 2 N–H and O–H groups in total. The van der Waals surface area contributed by atoms with Gasteiger partial charge in [0.05, 0.1) is 6.04 Å². The predicted octanol–water partition coefficient (Wildman–Crippen LogP) is 3.97. The average molecular weight is 446 g/mol. The van der Waals surface area contributed by atoms with E-state index in [1.165, 1.54) is 0 Å². The Bertz CT molecular complexity index is 955. The normalized spacial score (nSPS) is 24.5. The Morgan fingerprint density at radius 3 is 2.77 bits per heavy atom. The Hall–Kier alpha value is -2.35. The summed E-state index contributed by atoms with van der Waals surface area (Å²) in [5.41, 5.74) is 0.662. The number of thiocarbonyl (C=S) groups is 1. The first-order valence-corrected chi connectivity index (χ1v) is 10.6. The van der Waals surface area contributed by atoms with Gasteiger partial charge in [0.1, 0.15) is 11.7 Å². The molecule has 1 saturated heterocycles. The number of carbonyl (C=O) groups is 1. The number of carbonyl (C=O) groups excluding carboxylic acids is 1. The second kappa shape index (κ2) is 8.41. The zero-order chi connectivity index (χ0) is 21.3. The summed E-state index contributed by atoms with van der Waals surface area (Å²) in [6.07, 6.45) is 0.759. The Morgan fingerprint density at radius 1 is 1.30 bits per heavy atom. The minimum atomic E-state index is -0.939. The van der Waals surface area contributed by atoms with Crippen molar-refractivity contribution >= 4 is 40.5 Å². The van der Waals surface area contributed by atoms with Gasteiger partial charge in [0.25, 0.3) is 0 Å². The molecule has 30 heavy (non-hydrogen) atoms. The van der Waals surface area contributed by atoms with Crippen molar-refractivity contribution in [2.45, 2.75) is 25.1 Å². The smallest absolute Gasteiger partial charge is 0.236 e. The fourth-order valence-electron chi connectivity index (χ4n) is 4.24. The molecular formula is C22H24ClN3O3S. The molecule has 8 heteroatoms. The first kappa shape index (κ1) is 20.9. The van der Waals surface area contributed by atoms with Crippen LogP contribution in [0.1, 0.15) is 24.9 Å². The summed E-state index contributed by atoms with van der Waals surface area (Å²) in [5, 5.41) is 7.59. The predicted molar refractivity (Wildman–Crippen MR) is 121 cm³/mol. The number of anilines is 1. The quantitative estimate of drug-likeness (QED) is 0.518. The van der Waals surface area contributed by atoms with Crippen LogP contribution in [0.3, 0.4) is 0 Å². The van der Waals surface area contributed by atoms with E-state index in [-0.39, 0.29) is 11.9 Å². The van der Waals surface area contributed by atoms with Crippen LogP contribution in [-0.2, 0) is 9.53 Å². The lowest BCUT2D eigenvalue weighted by Gasteiger charge is -2.56. The van der Waals surface area contributed by atoms with Gasteiger partial charge in [-0.3, -0.25) is 4.79 Å². The number of methoxy groups -OCH3 is 1. The van der Waals surface area contributed by atoms with Gasteiger partial charge in [0.15, 0.2) is 10.8 Å². The van der Waals surface area contributed by atoms with Crippen LogP contribution in [0.25, 0.3) is 0 Å². The van der Waals surface area contributed by atoms with Crippen molar-refractivity contribution in [2.75, 3.05) is 25.6 Å². The third-order valence-corrected chi connectivity index (χ3v) is 6.26. The molecule has 2 aromatic carbocycles. The molecule has 0 aromatic heterocycles. The number of rotatable bonds is 6. The number of hydrogen-bond acceptors (Lipinski definition) is 4. The van der Waals surface area contributed by atoms with E-state index in [4.69, 9.17) is 33.3 Å². The molecule has 0 aliphatic carbocycles. The molecule has 6 nitrogen and oxygen atoms in total. The zero-order valence-electron chi connectivity index (χ0n) is 16.9. The number of amides is 1. The summed E-state index contributed by atoms with van der Waals surface area (Å²) in [6.45, 7) is 3.13. The van der Waals surface area contributed by atoms with Gasteiger partial charge in [-0.2, -0.15) is 0 Å². The third-order valence-electron chi connectivity index (χ3n) is 5.67. The number of nitrogens with one attached hydrogen (secondary N) is 2. The lowest BCUT2D eigenvalue weighted by molar-refractivity contribution is -0.149. The fourth-order valence-corrected chi connectivity index (χ4v) is 4.77. The van der Waals surface area contributed by atoms with Gasteiger partial charge in [-0.1, -0.05) is 29.8 Å². The second-order valence-corrected chi connectivity index (χ2v) is 8.42. The zero-order valence-corrected chi connectivity index (χ0v) is 18.4. The van der Waals surface area contributed by atoms with Crippen molar-refractivity contribution < 1.29 is 14.3 Å². The highest BCUT2D eigenvalue weighted by atomic mass is 35.5. The number of ether oxygens (including phenoxy) is 2. The van der Waals surface area contributed by atoms with Gasteiger partial charge < -0.3 is 25.0 Å². The molecule has 0 spiro atoms. The second-order valence-electron chi connectivity index (χ2n) is 7.59. The molecule has 0 saturated carbocycles. The average Bonchev–Trinajstić information content (AvgIpc) is 2.71. The standard InChI is InChI=1S/C22H24ClN3O3S/c1-22-18(20(27)24-15-10-8-14(23)9-11-15)19(16-6-3-4-7-17(16)29-22)25-21(30)26(22)12-5-13-28-2/h3-4,6-11,18-19H,5,12-13H2,1-2H3,(H,24,27)(H,25,30)/t18-,19+,22+/m1/s1. The SMILES string of the molecule is COCCCN1C(=S)N[C@H]2c3ccccc3O[C@@]1(C)[C@H]2C(=O)Nc1ccc(Cl)cc1. The van der Waals surface area contributed by atoms with Crippen LogP contribution < -0.4 is 15.4 Å². The summed E-state index contributed by atoms with van der Waals surface area (Å²) >= 11 is 11.6. The van der Waals surface area contributed by atoms with E-state index in [0.29, 0.717) is 29.0 Å². The van der Waals surface area contributed by atoms with Crippen LogP contribution in [0, 0.1) is 5.92 Å². The summed E-state index contributed by atoms with van der Waals surface area (Å²) in [6, 6.07) is 14.5. The van der Waals surface area contributed by atoms with Crippen molar-refractivity contribution in [2.24, 2.45) is 5.92 Å². The number of hydrogen-bond donors (Lipinski definition) is 2. The van der Waals surface area contributed by atoms with Crippen molar-refractivity contribution in [3.63, 3.8) is 0 Å². The van der Waals surface area contributed by atoms with Gasteiger partial charge in [0.2, 0.25) is 5.91 Å². The summed E-state index contributed by atoms with van der Waals surface area (Å²) in [4.78, 5) is 15.5. The van der Waals surface area contributed by atoms with Gasteiger partial charge in [-0.05, 0) is 55.9 Å². The minimum absolute atomic E-state index is 0.147. The lowest BCUT2D eigenvalue weighted by atomic mass is 9.78. The molecule has 2 bridgehead atoms.